The van der Waals surface area contributed by atoms with Crippen LogP contribution >= 0.6 is 0 Å². The lowest BCUT2D eigenvalue weighted by molar-refractivity contribution is -0.141. The quantitative estimate of drug-likeness (QED) is 0.749. The van der Waals surface area contributed by atoms with Crippen molar-refractivity contribution in [3.05, 3.63) is 23.3 Å². The van der Waals surface area contributed by atoms with E-state index in [1.165, 1.54) is 0 Å². The van der Waals surface area contributed by atoms with Crippen molar-refractivity contribution in [1.29, 1.82) is 0 Å². The summed E-state index contributed by atoms with van der Waals surface area (Å²) in [6, 6.07) is 0. The highest BCUT2D eigenvalue weighted by Gasteiger charge is 2.49. The highest BCUT2D eigenvalue weighted by Crippen LogP contribution is 2.51. The Hall–Kier alpha value is -1.94. The third kappa shape index (κ3) is 3.80. The van der Waals surface area contributed by atoms with Crippen LogP contribution in [0.5, 0.6) is 0 Å². The first kappa shape index (κ1) is 20.8. The van der Waals surface area contributed by atoms with Crippen LogP contribution in [0.4, 0.5) is 23.5 Å². The van der Waals surface area contributed by atoms with E-state index in [1.54, 1.807) is 6.92 Å². The van der Waals surface area contributed by atoms with E-state index in [2.05, 4.69) is 10.1 Å². The van der Waals surface area contributed by atoms with Crippen LogP contribution in [0.2, 0.25) is 0 Å². The number of rotatable bonds is 2. The molecular formula is C18H24F4N4O2. The van der Waals surface area contributed by atoms with E-state index in [1.807, 2.05) is 0 Å². The fraction of sp³-hybridized carbons (Fsp3) is 0.667. The first-order valence-electron chi connectivity index (χ1n) is 9.36. The molecule has 0 spiro atoms. The van der Waals surface area contributed by atoms with Crippen LogP contribution < -0.4 is 5.73 Å². The lowest BCUT2D eigenvalue weighted by atomic mass is 9.64. The van der Waals surface area contributed by atoms with E-state index in [0.717, 1.165) is 36.6 Å². The summed E-state index contributed by atoms with van der Waals surface area (Å²) in [4.78, 5) is 3.59. The Morgan fingerprint density at radius 1 is 1.36 bits per heavy atom. The molecule has 3 heterocycles. The van der Waals surface area contributed by atoms with E-state index in [-0.39, 0.29) is 23.3 Å². The summed E-state index contributed by atoms with van der Waals surface area (Å²) in [5.74, 6) is -1.50. The molecule has 3 N–H and O–H groups in total. The molecule has 1 atom stereocenters. The lowest BCUT2D eigenvalue weighted by Crippen LogP contribution is -2.37. The Balaban J connectivity index is 0.000000271. The molecule has 0 radical (unpaired) electrons. The van der Waals surface area contributed by atoms with Crippen LogP contribution in [-0.4, -0.2) is 39.0 Å². The highest BCUT2D eigenvalue weighted by molar-refractivity contribution is 5.56. The van der Waals surface area contributed by atoms with Crippen molar-refractivity contribution in [2.45, 2.75) is 63.1 Å². The molecule has 1 saturated carbocycles. The number of aromatic nitrogens is 3. The zero-order valence-electron chi connectivity index (χ0n) is 15.6. The van der Waals surface area contributed by atoms with Gasteiger partial charge in [-0.25, -0.2) is 13.9 Å². The number of hydrogen-bond donors (Lipinski definition) is 2. The molecule has 0 amide bonds. The molecule has 2 fully saturated rings. The van der Waals surface area contributed by atoms with Gasteiger partial charge in [-0.2, -0.15) is 13.2 Å². The smallest absolute Gasteiger partial charge is 0.391 e. The number of nitrogens with zero attached hydrogens (tertiary/aromatic N) is 3. The third-order valence-electron chi connectivity index (χ3n) is 5.55. The number of anilines is 1. The summed E-state index contributed by atoms with van der Waals surface area (Å²) in [6.07, 6.45) is 0.448. The predicted molar refractivity (Wildman–Crippen MR) is 94.2 cm³/mol. The van der Waals surface area contributed by atoms with Gasteiger partial charge in [0.05, 0.1) is 24.6 Å². The summed E-state index contributed by atoms with van der Waals surface area (Å²) in [6.45, 7) is 3.18. The Kier molecular flexibility index (Phi) is 5.81. The molecule has 0 aromatic carbocycles. The van der Waals surface area contributed by atoms with Crippen LogP contribution in [0.25, 0.3) is 5.52 Å². The summed E-state index contributed by atoms with van der Waals surface area (Å²) in [7, 11) is 0. The van der Waals surface area contributed by atoms with Gasteiger partial charge in [-0.3, -0.25) is 0 Å². The molecule has 2 aromatic rings. The number of alkyl halides is 3. The lowest BCUT2D eigenvalue weighted by Gasteiger charge is -2.41. The normalized spacial score (nSPS) is 21.7. The second-order valence-corrected chi connectivity index (χ2v) is 7.31. The van der Waals surface area contributed by atoms with Gasteiger partial charge in [0, 0.05) is 12.0 Å². The van der Waals surface area contributed by atoms with E-state index < -0.39 is 23.0 Å². The van der Waals surface area contributed by atoms with Crippen molar-refractivity contribution in [3.63, 3.8) is 0 Å². The molecule has 156 valence electrons. The number of hydrogen-bond acceptors (Lipinski definition) is 5. The van der Waals surface area contributed by atoms with Crippen LogP contribution in [0.15, 0.2) is 6.20 Å². The largest absolute Gasteiger partial charge is 0.421 e. The molecule has 6 nitrogen and oxygen atoms in total. The fourth-order valence-corrected chi connectivity index (χ4v) is 3.86. The maximum absolute atomic E-state index is 14.3. The topological polar surface area (TPSA) is 85.7 Å². The van der Waals surface area contributed by atoms with Crippen LogP contribution in [0, 0.1) is 5.82 Å². The zero-order chi connectivity index (χ0) is 20.5. The maximum atomic E-state index is 14.3. The van der Waals surface area contributed by atoms with E-state index >= 15 is 0 Å². The van der Waals surface area contributed by atoms with E-state index in [9.17, 15) is 17.6 Å². The van der Waals surface area contributed by atoms with Gasteiger partial charge in [-0.1, -0.05) is 13.3 Å². The summed E-state index contributed by atoms with van der Waals surface area (Å²) < 4.78 is 60.2. The second-order valence-electron chi connectivity index (χ2n) is 7.31. The minimum atomic E-state index is -4.78. The minimum Gasteiger partial charge on any atom is -0.391 e. The average Bonchev–Trinajstić information content (AvgIpc) is 2.88. The Morgan fingerprint density at radius 2 is 2.07 bits per heavy atom. The van der Waals surface area contributed by atoms with Crippen molar-refractivity contribution in [2.75, 3.05) is 18.9 Å². The van der Waals surface area contributed by atoms with Crippen molar-refractivity contribution in [2.24, 2.45) is 0 Å². The molecule has 4 rings (SSSR count). The van der Waals surface area contributed by atoms with Gasteiger partial charge in [-0.05, 0) is 32.1 Å². The zero-order valence-corrected chi connectivity index (χ0v) is 15.6. The van der Waals surface area contributed by atoms with Gasteiger partial charge in [0.1, 0.15) is 11.1 Å². The Labute approximate surface area is 159 Å². The number of nitrogens with two attached hydrogens (primary N) is 1. The fourth-order valence-electron chi connectivity index (χ4n) is 3.86. The molecular weight excluding hydrogens is 380 g/mol. The Bertz CT molecular complexity index is 822. The van der Waals surface area contributed by atoms with Crippen molar-refractivity contribution in [3.8, 4) is 0 Å². The van der Waals surface area contributed by atoms with Gasteiger partial charge < -0.3 is 15.6 Å². The van der Waals surface area contributed by atoms with Crippen LogP contribution in [-0.2, 0) is 16.3 Å². The molecule has 28 heavy (non-hydrogen) atoms. The monoisotopic (exact) mass is 404 g/mol. The number of nitrogen functional groups attached to an aromatic ring is 1. The van der Waals surface area contributed by atoms with Gasteiger partial charge >= 0.3 is 6.18 Å². The van der Waals surface area contributed by atoms with Gasteiger partial charge in [0.15, 0.2) is 5.82 Å². The molecule has 2 aliphatic rings. The number of fused-ring (bicyclic) bond motifs is 1. The molecule has 1 unspecified atom stereocenters. The van der Waals surface area contributed by atoms with Crippen molar-refractivity contribution in [1.82, 2.24) is 14.6 Å². The van der Waals surface area contributed by atoms with Crippen molar-refractivity contribution >= 4 is 11.5 Å². The van der Waals surface area contributed by atoms with Crippen LogP contribution in [0.3, 0.4) is 0 Å². The van der Waals surface area contributed by atoms with Gasteiger partial charge in [0.2, 0.25) is 5.95 Å². The first-order valence-corrected chi connectivity index (χ1v) is 9.36. The molecule has 1 saturated heterocycles. The van der Waals surface area contributed by atoms with E-state index in [4.69, 9.17) is 15.6 Å². The summed E-state index contributed by atoms with van der Waals surface area (Å²) in [5, 5.41) is 12.6. The maximum Gasteiger partial charge on any atom is 0.421 e. The number of aliphatic hydroxyl groups is 1. The average molecular weight is 404 g/mol. The molecule has 0 bridgehead atoms. The van der Waals surface area contributed by atoms with E-state index in [0.29, 0.717) is 25.9 Å². The highest BCUT2D eigenvalue weighted by atomic mass is 19.4. The second kappa shape index (κ2) is 7.82. The number of halogens is 4. The van der Waals surface area contributed by atoms with Crippen LogP contribution in [0.1, 0.15) is 56.7 Å². The predicted octanol–water partition coefficient (Wildman–Crippen LogP) is 3.46. The van der Waals surface area contributed by atoms with Gasteiger partial charge in [0.25, 0.3) is 0 Å². The Morgan fingerprint density at radius 3 is 2.50 bits per heavy atom. The molecule has 1 aliphatic carbocycles. The molecule has 10 heteroatoms. The number of aliphatic hydroxyl groups excluding tert-OH is 1. The SMILES string of the molecule is CCC1(c2c(C(F)(F)F)c(F)c3cnc(N)nn23)CCC1.OC1CCCOC1. The molecule has 1 aliphatic heterocycles. The standard InChI is InChI=1S/C13H14F4N4.C5H10O2/c1-2-12(4-3-5-12)10-8(13(15,16)17)9(14)7-6-19-11(18)20-21(7)10;6-5-2-1-3-7-4-5/h6H,2-5H2,1H3,(H2,18,20);5-6H,1-4H2. The summed E-state index contributed by atoms with van der Waals surface area (Å²) in [5.41, 5.74) is 3.12. The van der Waals surface area contributed by atoms with Gasteiger partial charge in [-0.15, -0.1) is 5.10 Å². The first-order chi connectivity index (χ1) is 13.2. The molecule has 2 aromatic heterocycles. The third-order valence-corrected chi connectivity index (χ3v) is 5.55. The number of ether oxygens (including phenoxy) is 1. The minimum absolute atomic E-state index is 0.120. The summed E-state index contributed by atoms with van der Waals surface area (Å²) >= 11 is 0. The van der Waals surface area contributed by atoms with Crippen molar-refractivity contribution < 1.29 is 27.4 Å².